The highest BCUT2D eigenvalue weighted by atomic mass is 16.5. The van der Waals surface area contributed by atoms with E-state index in [1.807, 2.05) is 6.92 Å². The number of ether oxygens (including phenoxy) is 1. The number of hydrogen-bond donors (Lipinski definition) is 2. The first-order valence-electron chi connectivity index (χ1n) is 6.28. The van der Waals surface area contributed by atoms with E-state index in [0.717, 1.165) is 12.8 Å². The second-order valence-electron chi connectivity index (χ2n) is 4.76. The number of carbonyl (C=O) groups is 1. The highest BCUT2D eigenvalue weighted by molar-refractivity contribution is 5.74. The van der Waals surface area contributed by atoms with Gasteiger partial charge in [-0.15, -0.1) is 0 Å². The van der Waals surface area contributed by atoms with E-state index in [1.54, 1.807) is 0 Å². The molecule has 0 heterocycles. The topological polar surface area (TPSA) is 50.4 Å². The highest BCUT2D eigenvalue weighted by Crippen LogP contribution is 2.17. The summed E-state index contributed by atoms with van der Waals surface area (Å²) in [6.45, 7) is 7.42. The summed E-state index contributed by atoms with van der Waals surface area (Å²) in [6, 6.07) is 0.433. The molecule has 1 unspecified atom stereocenters. The Bertz CT molecular complexity index is 215. The zero-order valence-electron chi connectivity index (χ0n) is 10.6. The smallest absolute Gasteiger partial charge is 0.315 e. The molecule has 1 aliphatic rings. The van der Waals surface area contributed by atoms with Crippen LogP contribution in [0.4, 0.5) is 4.79 Å². The van der Waals surface area contributed by atoms with E-state index in [4.69, 9.17) is 4.74 Å². The third kappa shape index (κ3) is 4.39. The molecular formula is C12H24N2O2. The van der Waals surface area contributed by atoms with E-state index in [9.17, 15) is 4.79 Å². The second-order valence-corrected chi connectivity index (χ2v) is 4.76. The van der Waals surface area contributed by atoms with Crippen LogP contribution in [0.3, 0.4) is 0 Å². The first kappa shape index (κ1) is 13.3. The quantitative estimate of drug-likeness (QED) is 0.729. The molecule has 0 aromatic carbocycles. The van der Waals surface area contributed by atoms with Gasteiger partial charge in [0.15, 0.2) is 0 Å². The van der Waals surface area contributed by atoms with E-state index in [2.05, 4.69) is 24.5 Å². The van der Waals surface area contributed by atoms with Crippen molar-refractivity contribution in [3.05, 3.63) is 0 Å². The molecule has 0 aromatic heterocycles. The number of urea groups is 1. The number of hydrogen-bond acceptors (Lipinski definition) is 2. The molecule has 0 radical (unpaired) electrons. The minimum Gasteiger partial charge on any atom is -0.380 e. The standard InChI is InChI=1S/C12H24N2O2/c1-4-16-8-11(9(2)3)14-12(15)13-10-6-5-7-10/h9-11H,4-8H2,1-3H3,(H2,13,14,15). The molecule has 2 N–H and O–H groups in total. The molecular weight excluding hydrogens is 204 g/mol. The number of rotatable bonds is 6. The molecule has 94 valence electrons. The van der Waals surface area contributed by atoms with E-state index in [0.29, 0.717) is 25.2 Å². The van der Waals surface area contributed by atoms with Crippen molar-refractivity contribution in [2.45, 2.75) is 52.1 Å². The van der Waals surface area contributed by atoms with Crippen LogP contribution in [-0.4, -0.2) is 31.3 Å². The summed E-state index contributed by atoms with van der Waals surface area (Å²) in [6.07, 6.45) is 3.47. The Kier molecular flexibility index (Phi) is 5.60. The summed E-state index contributed by atoms with van der Waals surface area (Å²) in [5.74, 6) is 0.388. The van der Waals surface area contributed by atoms with Crippen molar-refractivity contribution in [2.24, 2.45) is 5.92 Å². The monoisotopic (exact) mass is 228 g/mol. The minimum absolute atomic E-state index is 0.0527. The fourth-order valence-corrected chi connectivity index (χ4v) is 1.59. The van der Waals surface area contributed by atoms with Gasteiger partial charge in [-0.25, -0.2) is 4.79 Å². The highest BCUT2D eigenvalue weighted by Gasteiger charge is 2.21. The van der Waals surface area contributed by atoms with Crippen LogP contribution >= 0.6 is 0 Å². The van der Waals surface area contributed by atoms with E-state index >= 15 is 0 Å². The Morgan fingerprint density at radius 3 is 2.56 bits per heavy atom. The van der Waals surface area contributed by atoms with Gasteiger partial charge in [0, 0.05) is 12.6 Å². The maximum absolute atomic E-state index is 11.6. The first-order chi connectivity index (χ1) is 7.63. The lowest BCUT2D eigenvalue weighted by atomic mass is 9.93. The van der Waals surface area contributed by atoms with Crippen LogP contribution in [0, 0.1) is 5.92 Å². The van der Waals surface area contributed by atoms with Gasteiger partial charge in [0.05, 0.1) is 12.6 Å². The van der Waals surface area contributed by atoms with E-state index < -0.39 is 0 Å². The molecule has 1 fully saturated rings. The summed E-state index contributed by atoms with van der Waals surface area (Å²) in [7, 11) is 0. The van der Waals surface area contributed by atoms with Crippen LogP contribution in [0.2, 0.25) is 0 Å². The van der Waals surface area contributed by atoms with Crippen LogP contribution < -0.4 is 10.6 Å². The number of carbonyl (C=O) groups excluding carboxylic acids is 1. The SMILES string of the molecule is CCOCC(NC(=O)NC1CCC1)C(C)C. The third-order valence-electron chi connectivity index (χ3n) is 3.06. The lowest BCUT2D eigenvalue weighted by Crippen LogP contribution is -2.51. The largest absolute Gasteiger partial charge is 0.380 e. The Balaban J connectivity index is 2.25. The van der Waals surface area contributed by atoms with Crippen molar-refractivity contribution < 1.29 is 9.53 Å². The van der Waals surface area contributed by atoms with Gasteiger partial charge in [0.25, 0.3) is 0 Å². The molecule has 1 atom stereocenters. The van der Waals surface area contributed by atoms with E-state index in [1.165, 1.54) is 6.42 Å². The summed E-state index contributed by atoms with van der Waals surface area (Å²) in [4.78, 5) is 11.6. The van der Waals surface area contributed by atoms with Gasteiger partial charge >= 0.3 is 6.03 Å². The number of amides is 2. The molecule has 0 saturated heterocycles. The van der Waals surface area contributed by atoms with Gasteiger partial charge < -0.3 is 15.4 Å². The summed E-state index contributed by atoms with van der Waals surface area (Å²) in [5, 5.41) is 5.95. The zero-order chi connectivity index (χ0) is 12.0. The summed E-state index contributed by atoms with van der Waals surface area (Å²) in [5.41, 5.74) is 0. The molecule has 0 bridgehead atoms. The fraction of sp³-hybridized carbons (Fsp3) is 0.917. The molecule has 1 rings (SSSR count). The molecule has 16 heavy (non-hydrogen) atoms. The van der Waals surface area contributed by atoms with Crippen LogP contribution in [0.25, 0.3) is 0 Å². The Hall–Kier alpha value is -0.770. The average molecular weight is 228 g/mol. The van der Waals surface area contributed by atoms with Gasteiger partial charge in [-0.3, -0.25) is 0 Å². The predicted molar refractivity (Wildman–Crippen MR) is 64.4 cm³/mol. The molecule has 4 heteroatoms. The van der Waals surface area contributed by atoms with Crippen LogP contribution in [-0.2, 0) is 4.74 Å². The van der Waals surface area contributed by atoms with Gasteiger partial charge in [-0.1, -0.05) is 13.8 Å². The molecule has 1 saturated carbocycles. The van der Waals surface area contributed by atoms with Crippen LogP contribution in [0.15, 0.2) is 0 Å². The van der Waals surface area contributed by atoms with Crippen molar-refractivity contribution in [3.8, 4) is 0 Å². The first-order valence-corrected chi connectivity index (χ1v) is 6.28. The summed E-state index contributed by atoms with van der Waals surface area (Å²) < 4.78 is 5.36. The van der Waals surface area contributed by atoms with Crippen LogP contribution in [0.1, 0.15) is 40.0 Å². The fourth-order valence-electron chi connectivity index (χ4n) is 1.59. The van der Waals surface area contributed by atoms with Crippen molar-refractivity contribution in [1.29, 1.82) is 0 Å². The summed E-state index contributed by atoms with van der Waals surface area (Å²) >= 11 is 0. The Morgan fingerprint density at radius 1 is 1.44 bits per heavy atom. The molecule has 0 aromatic rings. The lowest BCUT2D eigenvalue weighted by molar-refractivity contribution is 0.110. The normalized spacial score (nSPS) is 18.0. The van der Waals surface area contributed by atoms with Gasteiger partial charge in [-0.05, 0) is 32.1 Å². The van der Waals surface area contributed by atoms with Crippen molar-refractivity contribution in [3.63, 3.8) is 0 Å². The van der Waals surface area contributed by atoms with Crippen molar-refractivity contribution in [2.75, 3.05) is 13.2 Å². The van der Waals surface area contributed by atoms with Crippen molar-refractivity contribution in [1.82, 2.24) is 10.6 Å². The van der Waals surface area contributed by atoms with Gasteiger partial charge in [-0.2, -0.15) is 0 Å². The number of nitrogens with one attached hydrogen (secondary N) is 2. The second kappa shape index (κ2) is 6.74. The molecule has 2 amide bonds. The average Bonchev–Trinajstić information content (AvgIpc) is 2.18. The Morgan fingerprint density at radius 2 is 2.12 bits per heavy atom. The van der Waals surface area contributed by atoms with Gasteiger partial charge in [0.2, 0.25) is 0 Å². The van der Waals surface area contributed by atoms with E-state index in [-0.39, 0.29) is 12.1 Å². The van der Waals surface area contributed by atoms with Gasteiger partial charge in [0.1, 0.15) is 0 Å². The molecule has 4 nitrogen and oxygen atoms in total. The third-order valence-corrected chi connectivity index (χ3v) is 3.06. The zero-order valence-corrected chi connectivity index (χ0v) is 10.6. The maximum atomic E-state index is 11.6. The minimum atomic E-state index is -0.0527. The predicted octanol–water partition coefficient (Wildman–Crippen LogP) is 1.90. The maximum Gasteiger partial charge on any atom is 0.315 e. The molecule has 0 spiro atoms. The lowest BCUT2D eigenvalue weighted by Gasteiger charge is -2.29. The molecule has 0 aliphatic heterocycles. The Labute approximate surface area is 98.1 Å². The van der Waals surface area contributed by atoms with Crippen molar-refractivity contribution >= 4 is 6.03 Å². The van der Waals surface area contributed by atoms with Crippen LogP contribution in [0.5, 0.6) is 0 Å². The molecule has 1 aliphatic carbocycles.